The maximum Gasteiger partial charge on any atom is 0.254 e. The molecule has 1 atom stereocenters. The third-order valence-corrected chi connectivity index (χ3v) is 3.20. The van der Waals surface area contributed by atoms with Crippen LogP contribution in [-0.4, -0.2) is 46.8 Å². The van der Waals surface area contributed by atoms with Crippen LogP contribution in [-0.2, 0) is 0 Å². The number of likely N-dealkylation sites (tertiary alicyclic amines) is 1. The first-order valence-corrected chi connectivity index (χ1v) is 6.48. The number of benzene rings is 1. The van der Waals surface area contributed by atoms with Crippen molar-refractivity contribution in [1.29, 1.82) is 0 Å². The molecular weight excluding hydrogens is 261 g/mol. The number of carbonyl (C=O) groups is 1. The molecule has 1 amide bonds. The van der Waals surface area contributed by atoms with E-state index in [4.69, 9.17) is 5.11 Å². The van der Waals surface area contributed by atoms with Crippen molar-refractivity contribution in [2.24, 2.45) is 0 Å². The van der Waals surface area contributed by atoms with Crippen molar-refractivity contribution in [3.8, 4) is 11.8 Å². The van der Waals surface area contributed by atoms with Crippen LogP contribution >= 0.6 is 0 Å². The van der Waals surface area contributed by atoms with Crippen LogP contribution in [0, 0.1) is 17.7 Å². The molecule has 1 fully saturated rings. The lowest BCUT2D eigenvalue weighted by molar-refractivity contribution is 0.0473. The molecule has 1 aromatic carbocycles. The maximum atomic E-state index is 13.8. The smallest absolute Gasteiger partial charge is 0.254 e. The zero-order valence-corrected chi connectivity index (χ0v) is 11.0. The summed E-state index contributed by atoms with van der Waals surface area (Å²) in [7, 11) is 0. The molecule has 4 nitrogen and oxygen atoms in total. The Hall–Kier alpha value is -1.90. The summed E-state index contributed by atoms with van der Waals surface area (Å²) in [5, 5.41) is 18.1. The van der Waals surface area contributed by atoms with E-state index >= 15 is 0 Å². The van der Waals surface area contributed by atoms with Crippen molar-refractivity contribution in [1.82, 2.24) is 4.90 Å². The minimum atomic E-state index is -0.589. The topological polar surface area (TPSA) is 60.8 Å². The molecule has 1 heterocycles. The van der Waals surface area contributed by atoms with E-state index in [0.29, 0.717) is 13.0 Å². The lowest BCUT2D eigenvalue weighted by Crippen LogP contribution is -2.42. The van der Waals surface area contributed by atoms with Gasteiger partial charge in [0, 0.05) is 18.7 Å². The highest BCUT2D eigenvalue weighted by Crippen LogP contribution is 2.16. The number of piperidine rings is 1. The van der Waals surface area contributed by atoms with Gasteiger partial charge in [0.2, 0.25) is 0 Å². The van der Waals surface area contributed by atoms with E-state index in [2.05, 4.69) is 11.8 Å². The van der Waals surface area contributed by atoms with E-state index < -0.39 is 11.9 Å². The fraction of sp³-hybridized carbons (Fsp3) is 0.400. The molecule has 1 aliphatic rings. The van der Waals surface area contributed by atoms with Crippen LogP contribution in [0.1, 0.15) is 28.8 Å². The van der Waals surface area contributed by atoms with Gasteiger partial charge in [-0.3, -0.25) is 4.79 Å². The van der Waals surface area contributed by atoms with Crippen LogP contribution in [0.3, 0.4) is 0 Å². The van der Waals surface area contributed by atoms with Crippen LogP contribution in [0.5, 0.6) is 0 Å². The lowest BCUT2D eigenvalue weighted by Gasteiger charge is -2.30. The number of aliphatic hydroxyl groups excluding tert-OH is 2. The molecular formula is C15H16FNO3. The number of β-amino-alcohol motifs (C(OH)–C–C–N with tert-alkyl or cyclic N) is 1. The fourth-order valence-corrected chi connectivity index (χ4v) is 2.21. The second kappa shape index (κ2) is 6.51. The zero-order chi connectivity index (χ0) is 14.5. The Balaban J connectivity index is 2.16. The lowest BCUT2D eigenvalue weighted by atomic mass is 10.1. The number of halogens is 1. The number of hydrogen-bond donors (Lipinski definition) is 2. The molecule has 2 rings (SSSR count). The van der Waals surface area contributed by atoms with Crippen molar-refractivity contribution >= 4 is 5.91 Å². The van der Waals surface area contributed by atoms with Crippen LogP contribution in [0.15, 0.2) is 18.2 Å². The molecule has 0 aliphatic carbocycles. The van der Waals surface area contributed by atoms with Gasteiger partial charge in [0.15, 0.2) is 0 Å². The number of carbonyl (C=O) groups excluding carboxylic acids is 1. The van der Waals surface area contributed by atoms with Crippen molar-refractivity contribution in [3.63, 3.8) is 0 Å². The van der Waals surface area contributed by atoms with Crippen LogP contribution in [0.25, 0.3) is 0 Å². The van der Waals surface area contributed by atoms with Gasteiger partial charge in [-0.2, -0.15) is 0 Å². The SMILES string of the molecule is O=C(c1ccc(C#CCO)c(F)c1)N1CCCC(O)C1. The summed E-state index contributed by atoms with van der Waals surface area (Å²) >= 11 is 0. The van der Waals surface area contributed by atoms with Gasteiger partial charge in [0.25, 0.3) is 5.91 Å². The number of nitrogens with zero attached hydrogens (tertiary/aromatic N) is 1. The Labute approximate surface area is 116 Å². The Morgan fingerprint density at radius 1 is 1.50 bits per heavy atom. The largest absolute Gasteiger partial charge is 0.391 e. The van der Waals surface area contributed by atoms with Gasteiger partial charge in [-0.15, -0.1) is 0 Å². The van der Waals surface area contributed by atoms with Crippen LogP contribution in [0.2, 0.25) is 0 Å². The molecule has 0 saturated carbocycles. The molecule has 2 N–H and O–H groups in total. The molecule has 0 spiro atoms. The second-order valence-corrected chi connectivity index (χ2v) is 4.70. The average molecular weight is 277 g/mol. The minimum Gasteiger partial charge on any atom is -0.391 e. The normalized spacial score (nSPS) is 18.4. The Morgan fingerprint density at radius 2 is 2.30 bits per heavy atom. The summed E-state index contributed by atoms with van der Waals surface area (Å²) in [4.78, 5) is 13.7. The van der Waals surface area contributed by atoms with E-state index in [1.54, 1.807) is 0 Å². The number of amides is 1. The first-order chi connectivity index (χ1) is 9.61. The van der Waals surface area contributed by atoms with E-state index in [1.807, 2.05) is 0 Å². The molecule has 0 bridgehead atoms. The summed E-state index contributed by atoms with van der Waals surface area (Å²) < 4.78 is 13.8. The van der Waals surface area contributed by atoms with E-state index in [9.17, 15) is 14.3 Å². The minimum absolute atomic E-state index is 0.147. The Morgan fingerprint density at radius 3 is 2.95 bits per heavy atom. The van der Waals surface area contributed by atoms with Crippen LogP contribution in [0.4, 0.5) is 4.39 Å². The Bertz CT molecular complexity index is 562. The summed E-state index contributed by atoms with van der Waals surface area (Å²) in [6, 6.07) is 4.07. The zero-order valence-electron chi connectivity index (χ0n) is 11.0. The molecule has 1 saturated heterocycles. The second-order valence-electron chi connectivity index (χ2n) is 4.70. The molecule has 1 aliphatic heterocycles. The quantitative estimate of drug-likeness (QED) is 0.745. The standard InChI is InChI=1S/C15H16FNO3/c16-14-9-12(6-5-11(14)3-2-8-18)15(20)17-7-1-4-13(19)10-17/h5-6,9,13,18-19H,1,4,7-8,10H2. The van der Waals surface area contributed by atoms with Crippen molar-refractivity contribution in [3.05, 3.63) is 35.1 Å². The predicted octanol–water partition coefficient (Wildman–Crippen LogP) is 0.766. The summed E-state index contributed by atoms with van der Waals surface area (Å²) in [6.07, 6.45) is 0.927. The molecule has 0 radical (unpaired) electrons. The van der Waals surface area contributed by atoms with Crippen LogP contribution < -0.4 is 0 Å². The van der Waals surface area contributed by atoms with E-state index in [1.165, 1.54) is 17.0 Å². The number of hydrogen-bond acceptors (Lipinski definition) is 3. The Kier molecular flexibility index (Phi) is 4.72. The number of rotatable bonds is 1. The van der Waals surface area contributed by atoms with Gasteiger partial charge in [-0.25, -0.2) is 4.39 Å². The molecule has 1 aromatic rings. The highest BCUT2D eigenvalue weighted by atomic mass is 19.1. The molecule has 20 heavy (non-hydrogen) atoms. The summed E-state index contributed by atoms with van der Waals surface area (Å²) in [6.45, 7) is 0.516. The van der Waals surface area contributed by atoms with Gasteiger partial charge in [0.05, 0.1) is 11.7 Å². The molecule has 5 heteroatoms. The first-order valence-electron chi connectivity index (χ1n) is 6.48. The predicted molar refractivity (Wildman–Crippen MR) is 71.5 cm³/mol. The van der Waals surface area contributed by atoms with E-state index in [-0.39, 0.29) is 30.2 Å². The van der Waals surface area contributed by atoms with Gasteiger partial charge >= 0.3 is 0 Å². The summed E-state index contributed by atoms with van der Waals surface area (Å²) in [5.41, 5.74) is 0.389. The van der Waals surface area contributed by atoms with Gasteiger partial charge in [0.1, 0.15) is 12.4 Å². The summed E-state index contributed by atoms with van der Waals surface area (Å²) in [5.74, 6) is 3.96. The van der Waals surface area contributed by atoms with Crippen molar-refractivity contribution < 1.29 is 19.4 Å². The van der Waals surface area contributed by atoms with Gasteiger partial charge in [-0.1, -0.05) is 11.8 Å². The highest BCUT2D eigenvalue weighted by Gasteiger charge is 2.23. The molecule has 1 unspecified atom stereocenters. The number of aliphatic hydroxyl groups is 2. The fourth-order valence-electron chi connectivity index (χ4n) is 2.21. The molecule has 0 aromatic heterocycles. The van der Waals surface area contributed by atoms with Gasteiger partial charge < -0.3 is 15.1 Å². The van der Waals surface area contributed by atoms with Crippen molar-refractivity contribution in [2.75, 3.05) is 19.7 Å². The third kappa shape index (κ3) is 3.35. The monoisotopic (exact) mass is 277 g/mol. The first kappa shape index (κ1) is 14.5. The maximum absolute atomic E-state index is 13.8. The molecule has 106 valence electrons. The average Bonchev–Trinajstić information content (AvgIpc) is 2.45. The van der Waals surface area contributed by atoms with E-state index in [0.717, 1.165) is 12.5 Å². The third-order valence-electron chi connectivity index (χ3n) is 3.20. The van der Waals surface area contributed by atoms with Gasteiger partial charge in [-0.05, 0) is 31.0 Å². The van der Waals surface area contributed by atoms with Crippen molar-refractivity contribution in [2.45, 2.75) is 18.9 Å². The highest BCUT2D eigenvalue weighted by molar-refractivity contribution is 5.94.